The fourth-order valence-electron chi connectivity index (χ4n) is 1.92. The third kappa shape index (κ3) is 2.91. The van der Waals surface area contributed by atoms with Gasteiger partial charge in [0.15, 0.2) is 0 Å². The van der Waals surface area contributed by atoms with Gasteiger partial charge in [0.25, 0.3) is 5.91 Å². The molecule has 0 aliphatic rings. The number of anilines is 1. The number of halogens is 2. The molecular formula is C13H13Cl2N3O. The molecule has 0 bridgehead atoms. The molecule has 0 aliphatic carbocycles. The molecule has 1 N–H and O–H groups in total. The molecule has 1 aromatic carbocycles. The minimum Gasteiger partial charge on any atom is -0.322 e. The highest BCUT2D eigenvalue weighted by atomic mass is 35.5. The molecular weight excluding hydrogens is 285 g/mol. The summed E-state index contributed by atoms with van der Waals surface area (Å²) in [6.45, 7) is 3.65. The van der Waals surface area contributed by atoms with Crippen LogP contribution in [0.3, 0.4) is 0 Å². The maximum Gasteiger partial charge on any atom is 0.259 e. The first-order chi connectivity index (χ1) is 8.88. The van der Waals surface area contributed by atoms with Gasteiger partial charge in [0.05, 0.1) is 11.3 Å². The van der Waals surface area contributed by atoms with E-state index in [1.54, 1.807) is 36.9 Å². The Kier molecular flexibility index (Phi) is 3.83. The van der Waals surface area contributed by atoms with Crippen molar-refractivity contribution in [2.24, 2.45) is 7.05 Å². The number of nitrogens with one attached hydrogen (secondary N) is 1. The zero-order valence-electron chi connectivity index (χ0n) is 10.8. The average molecular weight is 298 g/mol. The predicted molar refractivity (Wildman–Crippen MR) is 77.1 cm³/mol. The second-order valence-electron chi connectivity index (χ2n) is 4.28. The quantitative estimate of drug-likeness (QED) is 0.921. The molecule has 4 nitrogen and oxygen atoms in total. The first kappa shape index (κ1) is 13.9. The molecule has 0 radical (unpaired) electrons. The van der Waals surface area contributed by atoms with E-state index in [4.69, 9.17) is 23.2 Å². The van der Waals surface area contributed by atoms with Crippen molar-refractivity contribution < 1.29 is 4.79 Å². The van der Waals surface area contributed by atoms with Gasteiger partial charge in [-0.15, -0.1) is 0 Å². The molecule has 1 aromatic heterocycles. The third-order valence-electron chi connectivity index (χ3n) is 2.86. The van der Waals surface area contributed by atoms with Crippen LogP contribution < -0.4 is 5.32 Å². The number of rotatable bonds is 2. The number of aryl methyl sites for hydroxylation is 2. The molecule has 0 aliphatic heterocycles. The second kappa shape index (κ2) is 5.23. The largest absolute Gasteiger partial charge is 0.322 e. The lowest BCUT2D eigenvalue weighted by molar-refractivity contribution is 0.102. The maximum absolute atomic E-state index is 12.2. The summed E-state index contributed by atoms with van der Waals surface area (Å²) in [6.07, 6.45) is 0. The topological polar surface area (TPSA) is 46.9 Å². The van der Waals surface area contributed by atoms with Crippen LogP contribution >= 0.6 is 23.2 Å². The van der Waals surface area contributed by atoms with Crippen molar-refractivity contribution in [1.29, 1.82) is 0 Å². The number of hydrogen-bond donors (Lipinski definition) is 1. The van der Waals surface area contributed by atoms with Gasteiger partial charge in [0, 0.05) is 28.5 Å². The van der Waals surface area contributed by atoms with Crippen LogP contribution in [0.4, 0.5) is 5.69 Å². The van der Waals surface area contributed by atoms with E-state index in [0.717, 1.165) is 5.69 Å². The van der Waals surface area contributed by atoms with Crippen molar-refractivity contribution in [3.8, 4) is 0 Å². The molecule has 0 fully saturated rings. The third-order valence-corrected chi connectivity index (χ3v) is 3.29. The highest BCUT2D eigenvalue weighted by molar-refractivity contribution is 6.35. The van der Waals surface area contributed by atoms with Crippen molar-refractivity contribution in [2.75, 3.05) is 5.32 Å². The minimum atomic E-state index is -0.221. The molecule has 0 spiro atoms. The van der Waals surface area contributed by atoms with Gasteiger partial charge in [-0.05, 0) is 32.0 Å². The molecule has 1 heterocycles. The van der Waals surface area contributed by atoms with Gasteiger partial charge in [0.1, 0.15) is 0 Å². The number of nitrogens with zero attached hydrogens (tertiary/aromatic N) is 2. The molecule has 2 rings (SSSR count). The van der Waals surface area contributed by atoms with Crippen LogP contribution in [0.2, 0.25) is 10.0 Å². The van der Waals surface area contributed by atoms with Gasteiger partial charge in [-0.25, -0.2) is 0 Å². The Morgan fingerprint density at radius 1 is 1.21 bits per heavy atom. The minimum absolute atomic E-state index is 0.221. The van der Waals surface area contributed by atoms with Gasteiger partial charge in [0.2, 0.25) is 0 Å². The first-order valence-electron chi connectivity index (χ1n) is 5.66. The summed E-state index contributed by atoms with van der Waals surface area (Å²) in [5, 5.41) is 7.93. The first-order valence-corrected chi connectivity index (χ1v) is 6.41. The van der Waals surface area contributed by atoms with E-state index in [1.165, 1.54) is 0 Å². The number of amides is 1. The lowest BCUT2D eigenvalue weighted by atomic mass is 10.2. The molecule has 2 aromatic rings. The lowest BCUT2D eigenvalue weighted by Gasteiger charge is -2.06. The molecule has 19 heavy (non-hydrogen) atoms. The average Bonchev–Trinajstić information content (AvgIpc) is 2.51. The monoisotopic (exact) mass is 297 g/mol. The van der Waals surface area contributed by atoms with E-state index in [0.29, 0.717) is 27.0 Å². The smallest absolute Gasteiger partial charge is 0.259 e. The second-order valence-corrected chi connectivity index (χ2v) is 5.15. The van der Waals surface area contributed by atoms with Crippen molar-refractivity contribution in [3.63, 3.8) is 0 Å². The van der Waals surface area contributed by atoms with E-state index in [-0.39, 0.29) is 5.91 Å². The Labute approximate surface area is 121 Å². The van der Waals surface area contributed by atoms with Crippen LogP contribution in [-0.4, -0.2) is 15.7 Å². The molecule has 0 atom stereocenters. The van der Waals surface area contributed by atoms with E-state index in [1.807, 2.05) is 6.92 Å². The van der Waals surface area contributed by atoms with Crippen LogP contribution in [0, 0.1) is 13.8 Å². The van der Waals surface area contributed by atoms with Gasteiger partial charge in [-0.2, -0.15) is 5.10 Å². The number of benzene rings is 1. The summed E-state index contributed by atoms with van der Waals surface area (Å²) in [4.78, 5) is 12.2. The normalized spacial score (nSPS) is 10.6. The zero-order chi connectivity index (χ0) is 14.2. The van der Waals surface area contributed by atoms with Crippen molar-refractivity contribution >= 4 is 34.8 Å². The Bertz CT molecular complexity index is 629. The summed E-state index contributed by atoms with van der Waals surface area (Å²) >= 11 is 11.8. The number of carbonyl (C=O) groups excluding carboxylic acids is 1. The fraction of sp³-hybridized carbons (Fsp3) is 0.231. The molecule has 0 saturated carbocycles. The molecule has 6 heteroatoms. The summed E-state index contributed by atoms with van der Waals surface area (Å²) in [6, 6.07) is 4.90. The zero-order valence-corrected chi connectivity index (χ0v) is 12.3. The van der Waals surface area contributed by atoms with E-state index >= 15 is 0 Å². The molecule has 0 saturated heterocycles. The Hall–Kier alpha value is -1.52. The summed E-state index contributed by atoms with van der Waals surface area (Å²) in [5.41, 5.74) is 2.62. The predicted octanol–water partition coefficient (Wildman–Crippen LogP) is 3.60. The van der Waals surface area contributed by atoms with Gasteiger partial charge in [-0.1, -0.05) is 23.2 Å². The van der Waals surface area contributed by atoms with Gasteiger partial charge in [-0.3, -0.25) is 9.48 Å². The summed E-state index contributed by atoms with van der Waals surface area (Å²) in [7, 11) is 1.80. The van der Waals surface area contributed by atoms with Crippen LogP contribution in [-0.2, 0) is 7.05 Å². The Morgan fingerprint density at radius 2 is 1.79 bits per heavy atom. The SMILES string of the molecule is Cc1nn(C)c(C)c1C(=O)Nc1cc(Cl)cc(Cl)c1. The fourth-order valence-corrected chi connectivity index (χ4v) is 2.45. The summed E-state index contributed by atoms with van der Waals surface area (Å²) < 4.78 is 1.68. The Morgan fingerprint density at radius 3 is 2.26 bits per heavy atom. The van der Waals surface area contributed by atoms with E-state index < -0.39 is 0 Å². The van der Waals surface area contributed by atoms with E-state index in [2.05, 4.69) is 10.4 Å². The van der Waals surface area contributed by atoms with Crippen molar-refractivity contribution in [2.45, 2.75) is 13.8 Å². The standard InChI is InChI=1S/C13H13Cl2N3O/c1-7-12(8(2)18(3)17-7)13(19)16-11-5-9(14)4-10(15)6-11/h4-6H,1-3H3,(H,16,19). The van der Waals surface area contributed by atoms with Crippen molar-refractivity contribution in [3.05, 3.63) is 45.2 Å². The highest BCUT2D eigenvalue weighted by Gasteiger charge is 2.17. The number of aromatic nitrogens is 2. The molecule has 0 unspecified atom stereocenters. The number of hydrogen-bond acceptors (Lipinski definition) is 2. The molecule has 1 amide bonds. The lowest BCUT2D eigenvalue weighted by Crippen LogP contribution is -2.14. The van der Waals surface area contributed by atoms with Crippen LogP contribution in [0.5, 0.6) is 0 Å². The van der Waals surface area contributed by atoms with Gasteiger partial charge >= 0.3 is 0 Å². The van der Waals surface area contributed by atoms with E-state index in [9.17, 15) is 4.79 Å². The Balaban J connectivity index is 2.30. The number of carbonyl (C=O) groups is 1. The highest BCUT2D eigenvalue weighted by Crippen LogP contribution is 2.23. The van der Waals surface area contributed by atoms with Gasteiger partial charge < -0.3 is 5.32 Å². The summed E-state index contributed by atoms with van der Waals surface area (Å²) in [5.74, 6) is -0.221. The van der Waals surface area contributed by atoms with Crippen molar-refractivity contribution in [1.82, 2.24) is 9.78 Å². The molecule has 100 valence electrons. The van der Waals surface area contributed by atoms with Crippen LogP contribution in [0.1, 0.15) is 21.7 Å². The van der Waals surface area contributed by atoms with Crippen LogP contribution in [0.25, 0.3) is 0 Å². The van der Waals surface area contributed by atoms with Crippen LogP contribution in [0.15, 0.2) is 18.2 Å². The maximum atomic E-state index is 12.2.